The zero-order valence-corrected chi connectivity index (χ0v) is 15.1. The number of ether oxygens (including phenoxy) is 2. The van der Waals surface area contributed by atoms with E-state index in [2.05, 4.69) is 5.32 Å². The third-order valence-corrected chi connectivity index (χ3v) is 4.42. The van der Waals surface area contributed by atoms with Gasteiger partial charge in [-0.1, -0.05) is 18.2 Å². The number of benzene rings is 2. The molecule has 1 N–H and O–H groups in total. The van der Waals surface area contributed by atoms with Crippen LogP contribution in [0.3, 0.4) is 0 Å². The SMILES string of the molecule is Cc1cccc(C)c1NC(=O)CCCC(=O)c1ccc2c(c1)OCCO2. The average Bonchev–Trinajstić information content (AvgIpc) is 2.64. The highest BCUT2D eigenvalue weighted by Crippen LogP contribution is 2.31. The predicted octanol–water partition coefficient (Wildman–Crippen LogP) is 4.07. The van der Waals surface area contributed by atoms with Crippen molar-refractivity contribution in [3.8, 4) is 11.5 Å². The lowest BCUT2D eigenvalue weighted by molar-refractivity contribution is -0.116. The summed E-state index contributed by atoms with van der Waals surface area (Å²) >= 11 is 0. The maximum absolute atomic E-state index is 12.4. The number of nitrogens with one attached hydrogen (secondary N) is 1. The summed E-state index contributed by atoms with van der Waals surface area (Å²) in [4.78, 5) is 24.5. The van der Waals surface area contributed by atoms with Crippen LogP contribution < -0.4 is 14.8 Å². The molecule has 0 spiro atoms. The van der Waals surface area contributed by atoms with Gasteiger partial charge in [-0.3, -0.25) is 9.59 Å². The van der Waals surface area contributed by atoms with Crippen LogP contribution in [-0.4, -0.2) is 24.9 Å². The van der Waals surface area contributed by atoms with Crippen molar-refractivity contribution < 1.29 is 19.1 Å². The quantitative estimate of drug-likeness (QED) is 0.795. The molecule has 5 heteroatoms. The first-order valence-electron chi connectivity index (χ1n) is 8.83. The maximum atomic E-state index is 12.4. The van der Waals surface area contributed by atoms with E-state index < -0.39 is 0 Å². The summed E-state index contributed by atoms with van der Waals surface area (Å²) in [6.45, 7) is 4.95. The number of carbonyl (C=O) groups is 2. The molecule has 2 aromatic rings. The van der Waals surface area contributed by atoms with E-state index in [0.29, 0.717) is 49.5 Å². The Bertz CT molecular complexity index is 809. The normalized spacial score (nSPS) is 12.5. The second kappa shape index (κ2) is 8.04. The molecule has 0 atom stereocenters. The third kappa shape index (κ3) is 4.23. The van der Waals surface area contributed by atoms with Crippen LogP contribution in [0.1, 0.15) is 40.7 Å². The van der Waals surface area contributed by atoms with Gasteiger partial charge in [0.15, 0.2) is 17.3 Å². The Morgan fingerprint density at radius 2 is 1.65 bits per heavy atom. The van der Waals surface area contributed by atoms with Crippen molar-refractivity contribution in [2.45, 2.75) is 33.1 Å². The number of hydrogen-bond donors (Lipinski definition) is 1. The highest BCUT2D eigenvalue weighted by Gasteiger charge is 2.15. The van der Waals surface area contributed by atoms with Crippen LogP contribution in [0.2, 0.25) is 0 Å². The summed E-state index contributed by atoms with van der Waals surface area (Å²) in [5, 5.41) is 2.95. The fourth-order valence-electron chi connectivity index (χ4n) is 2.98. The van der Waals surface area contributed by atoms with Crippen LogP contribution in [0.15, 0.2) is 36.4 Å². The first kappa shape index (κ1) is 18.0. The molecule has 26 heavy (non-hydrogen) atoms. The molecule has 0 saturated heterocycles. The van der Waals surface area contributed by atoms with Crippen molar-refractivity contribution in [3.63, 3.8) is 0 Å². The minimum atomic E-state index is -0.0719. The molecule has 0 saturated carbocycles. The largest absolute Gasteiger partial charge is 0.486 e. The first-order chi connectivity index (χ1) is 12.5. The van der Waals surface area contributed by atoms with Gasteiger partial charge in [-0.25, -0.2) is 0 Å². The predicted molar refractivity (Wildman–Crippen MR) is 100 cm³/mol. The highest BCUT2D eigenvalue weighted by molar-refractivity contribution is 5.97. The number of ketones is 1. The van der Waals surface area contributed by atoms with Crippen LogP contribution in [0.4, 0.5) is 5.69 Å². The number of fused-ring (bicyclic) bond motifs is 1. The molecule has 3 rings (SSSR count). The Morgan fingerprint density at radius 1 is 0.962 bits per heavy atom. The molecular weight excluding hydrogens is 330 g/mol. The van der Waals surface area contributed by atoms with E-state index >= 15 is 0 Å². The van der Waals surface area contributed by atoms with E-state index in [4.69, 9.17) is 9.47 Å². The number of Topliss-reactive ketones (excluding diaryl/α,β-unsaturated/α-hetero) is 1. The molecular formula is C21H23NO4. The van der Waals surface area contributed by atoms with Gasteiger partial charge in [-0.2, -0.15) is 0 Å². The van der Waals surface area contributed by atoms with E-state index in [1.807, 2.05) is 32.0 Å². The first-order valence-corrected chi connectivity index (χ1v) is 8.83. The number of para-hydroxylation sites is 1. The summed E-state index contributed by atoms with van der Waals surface area (Å²) in [6, 6.07) is 11.1. The van der Waals surface area contributed by atoms with Gasteiger partial charge in [0.05, 0.1) is 0 Å². The molecule has 0 aliphatic carbocycles. The minimum Gasteiger partial charge on any atom is -0.486 e. The monoisotopic (exact) mass is 353 g/mol. The molecule has 0 bridgehead atoms. The Hall–Kier alpha value is -2.82. The summed E-state index contributed by atoms with van der Waals surface area (Å²) in [5.74, 6) is 1.20. The van der Waals surface area contributed by atoms with E-state index in [1.54, 1.807) is 18.2 Å². The van der Waals surface area contributed by atoms with Crippen LogP contribution in [0, 0.1) is 13.8 Å². The fourth-order valence-corrected chi connectivity index (χ4v) is 2.98. The second-order valence-corrected chi connectivity index (χ2v) is 6.45. The van der Waals surface area contributed by atoms with E-state index in [0.717, 1.165) is 16.8 Å². The van der Waals surface area contributed by atoms with Gasteiger partial charge < -0.3 is 14.8 Å². The Kier molecular flexibility index (Phi) is 5.56. The average molecular weight is 353 g/mol. The summed E-state index contributed by atoms with van der Waals surface area (Å²) < 4.78 is 11.0. The molecule has 0 fully saturated rings. The summed E-state index contributed by atoms with van der Waals surface area (Å²) in [6.07, 6.45) is 1.13. The lowest BCUT2D eigenvalue weighted by atomic mass is 10.0. The second-order valence-electron chi connectivity index (χ2n) is 6.45. The molecule has 1 heterocycles. The molecule has 2 aromatic carbocycles. The van der Waals surface area contributed by atoms with Gasteiger partial charge in [-0.05, 0) is 49.6 Å². The lowest BCUT2D eigenvalue weighted by Gasteiger charge is -2.18. The number of amides is 1. The fraction of sp³-hybridized carbons (Fsp3) is 0.333. The standard InChI is InChI=1S/C21H23NO4/c1-14-5-3-6-15(2)21(14)22-20(24)8-4-7-17(23)16-9-10-18-19(13-16)26-12-11-25-18/h3,5-6,9-10,13H,4,7-8,11-12H2,1-2H3,(H,22,24). The molecule has 1 amide bonds. The zero-order valence-electron chi connectivity index (χ0n) is 15.1. The van der Waals surface area contributed by atoms with Crippen LogP contribution in [-0.2, 0) is 4.79 Å². The van der Waals surface area contributed by atoms with Crippen LogP contribution >= 0.6 is 0 Å². The van der Waals surface area contributed by atoms with Crippen LogP contribution in [0.5, 0.6) is 11.5 Å². The molecule has 1 aliphatic rings. The lowest BCUT2D eigenvalue weighted by Crippen LogP contribution is -2.16. The van der Waals surface area contributed by atoms with Crippen molar-refractivity contribution in [1.29, 1.82) is 0 Å². The number of hydrogen-bond acceptors (Lipinski definition) is 4. The van der Waals surface area contributed by atoms with Gasteiger partial charge in [0.1, 0.15) is 13.2 Å². The van der Waals surface area contributed by atoms with E-state index in [1.165, 1.54) is 0 Å². The Morgan fingerprint density at radius 3 is 2.38 bits per heavy atom. The minimum absolute atomic E-state index is 0.00171. The number of aryl methyl sites for hydroxylation is 2. The topological polar surface area (TPSA) is 64.6 Å². The highest BCUT2D eigenvalue weighted by atomic mass is 16.6. The van der Waals surface area contributed by atoms with Crippen molar-refractivity contribution in [2.24, 2.45) is 0 Å². The van der Waals surface area contributed by atoms with Crippen LogP contribution in [0.25, 0.3) is 0 Å². The molecule has 0 unspecified atom stereocenters. The van der Waals surface area contributed by atoms with Crippen molar-refractivity contribution in [3.05, 3.63) is 53.1 Å². The van der Waals surface area contributed by atoms with Crippen molar-refractivity contribution in [2.75, 3.05) is 18.5 Å². The molecule has 1 aliphatic heterocycles. The van der Waals surface area contributed by atoms with Crippen molar-refractivity contribution >= 4 is 17.4 Å². The van der Waals surface area contributed by atoms with Gasteiger partial charge in [0.2, 0.25) is 5.91 Å². The van der Waals surface area contributed by atoms with E-state index in [9.17, 15) is 9.59 Å². The van der Waals surface area contributed by atoms with Crippen molar-refractivity contribution in [1.82, 2.24) is 0 Å². The molecule has 136 valence electrons. The van der Waals surface area contributed by atoms with Gasteiger partial charge in [0.25, 0.3) is 0 Å². The maximum Gasteiger partial charge on any atom is 0.224 e. The Labute approximate surface area is 153 Å². The molecule has 0 aromatic heterocycles. The number of anilines is 1. The summed E-state index contributed by atoms with van der Waals surface area (Å²) in [7, 11) is 0. The molecule has 5 nitrogen and oxygen atoms in total. The van der Waals surface area contributed by atoms with Gasteiger partial charge >= 0.3 is 0 Å². The summed E-state index contributed by atoms with van der Waals surface area (Å²) in [5.41, 5.74) is 3.51. The smallest absolute Gasteiger partial charge is 0.224 e. The number of carbonyl (C=O) groups excluding carboxylic acids is 2. The molecule has 0 radical (unpaired) electrons. The third-order valence-electron chi connectivity index (χ3n) is 4.42. The Balaban J connectivity index is 1.51. The number of rotatable bonds is 6. The van der Waals surface area contributed by atoms with Gasteiger partial charge in [0, 0.05) is 24.1 Å². The zero-order chi connectivity index (χ0) is 18.5. The van der Waals surface area contributed by atoms with E-state index in [-0.39, 0.29) is 11.7 Å². The van der Waals surface area contributed by atoms with Gasteiger partial charge in [-0.15, -0.1) is 0 Å².